The van der Waals surface area contributed by atoms with E-state index in [2.05, 4.69) is 30.9 Å². The van der Waals surface area contributed by atoms with Crippen LogP contribution in [-0.2, 0) is 11.2 Å². The number of hydrogen-bond donors (Lipinski definition) is 0. The van der Waals surface area contributed by atoms with Crippen LogP contribution in [0.4, 0.5) is 5.69 Å². The van der Waals surface area contributed by atoms with Crippen LogP contribution in [0.15, 0.2) is 12.1 Å². The van der Waals surface area contributed by atoms with E-state index in [0.717, 1.165) is 6.42 Å². The van der Waals surface area contributed by atoms with E-state index in [4.69, 9.17) is 0 Å². The third-order valence-electron chi connectivity index (χ3n) is 2.92. The normalized spacial score (nSPS) is 10.3. The molecule has 0 unspecified atom stereocenters. The molecular formula is C14H21NO. The standard InChI is InChI=1S/C14H21NO/c1-10-8-13(15(4)5)9-11(2)14(10)7-6-12(3)16/h8-9H,6-7H2,1-5H3. The fourth-order valence-electron chi connectivity index (χ4n) is 1.92. The predicted molar refractivity (Wildman–Crippen MR) is 69.2 cm³/mol. The van der Waals surface area contributed by atoms with Gasteiger partial charge >= 0.3 is 0 Å². The number of rotatable bonds is 4. The molecule has 2 heteroatoms. The first-order chi connectivity index (χ1) is 7.41. The van der Waals surface area contributed by atoms with Gasteiger partial charge in [0.05, 0.1) is 0 Å². The van der Waals surface area contributed by atoms with Gasteiger partial charge in [0.2, 0.25) is 0 Å². The number of aryl methyl sites for hydroxylation is 2. The van der Waals surface area contributed by atoms with Crippen molar-refractivity contribution in [3.8, 4) is 0 Å². The molecule has 2 nitrogen and oxygen atoms in total. The summed E-state index contributed by atoms with van der Waals surface area (Å²) in [5, 5.41) is 0. The van der Waals surface area contributed by atoms with Gasteiger partial charge in [0.25, 0.3) is 0 Å². The zero-order chi connectivity index (χ0) is 12.3. The maximum absolute atomic E-state index is 11.0. The van der Waals surface area contributed by atoms with Crippen molar-refractivity contribution in [2.24, 2.45) is 0 Å². The topological polar surface area (TPSA) is 20.3 Å². The average molecular weight is 219 g/mol. The van der Waals surface area contributed by atoms with Crippen LogP contribution in [0.2, 0.25) is 0 Å². The van der Waals surface area contributed by atoms with Crippen LogP contribution in [0.5, 0.6) is 0 Å². The Kier molecular flexibility index (Phi) is 4.11. The maximum atomic E-state index is 11.0. The van der Waals surface area contributed by atoms with Crippen LogP contribution < -0.4 is 4.90 Å². The summed E-state index contributed by atoms with van der Waals surface area (Å²) in [5.41, 5.74) is 5.11. The van der Waals surface area contributed by atoms with E-state index in [1.807, 2.05) is 14.1 Å². The highest BCUT2D eigenvalue weighted by Gasteiger charge is 2.07. The van der Waals surface area contributed by atoms with Crippen LogP contribution >= 0.6 is 0 Å². The van der Waals surface area contributed by atoms with Crippen molar-refractivity contribution in [1.29, 1.82) is 0 Å². The fraction of sp³-hybridized carbons (Fsp3) is 0.500. The SMILES string of the molecule is CC(=O)CCc1c(C)cc(N(C)C)cc1C. The van der Waals surface area contributed by atoms with E-state index in [9.17, 15) is 4.79 Å². The van der Waals surface area contributed by atoms with Crippen LogP contribution in [0.3, 0.4) is 0 Å². The molecule has 0 aliphatic rings. The summed E-state index contributed by atoms with van der Waals surface area (Å²) >= 11 is 0. The Hall–Kier alpha value is -1.31. The Morgan fingerprint density at radius 1 is 1.19 bits per heavy atom. The van der Waals surface area contributed by atoms with Gasteiger partial charge < -0.3 is 9.69 Å². The lowest BCUT2D eigenvalue weighted by atomic mass is 9.97. The minimum atomic E-state index is 0.260. The van der Waals surface area contributed by atoms with E-state index in [0.29, 0.717) is 6.42 Å². The highest BCUT2D eigenvalue weighted by molar-refractivity contribution is 5.75. The molecule has 0 fully saturated rings. The van der Waals surface area contributed by atoms with E-state index in [1.165, 1.54) is 22.4 Å². The summed E-state index contributed by atoms with van der Waals surface area (Å²) in [5.74, 6) is 0.260. The number of hydrogen-bond acceptors (Lipinski definition) is 2. The molecule has 0 aliphatic heterocycles. The van der Waals surface area contributed by atoms with Crippen LogP contribution in [0, 0.1) is 13.8 Å². The van der Waals surface area contributed by atoms with Gasteiger partial charge in [0.1, 0.15) is 5.78 Å². The van der Waals surface area contributed by atoms with Gasteiger partial charge in [-0.15, -0.1) is 0 Å². The van der Waals surface area contributed by atoms with Crippen molar-refractivity contribution >= 4 is 11.5 Å². The van der Waals surface area contributed by atoms with Gasteiger partial charge in [-0.3, -0.25) is 0 Å². The number of Topliss-reactive ketones (excluding diaryl/α,β-unsaturated/α-hetero) is 1. The first kappa shape index (κ1) is 12.8. The highest BCUT2D eigenvalue weighted by Crippen LogP contribution is 2.23. The number of anilines is 1. The van der Waals surface area contributed by atoms with Crippen molar-refractivity contribution in [3.05, 3.63) is 28.8 Å². The average Bonchev–Trinajstić information content (AvgIpc) is 2.15. The van der Waals surface area contributed by atoms with Gasteiger partial charge in [-0.1, -0.05) is 0 Å². The number of nitrogens with zero attached hydrogens (tertiary/aromatic N) is 1. The lowest BCUT2D eigenvalue weighted by molar-refractivity contribution is -0.116. The zero-order valence-corrected chi connectivity index (χ0v) is 10.9. The molecule has 0 spiro atoms. The lowest BCUT2D eigenvalue weighted by Gasteiger charge is -2.17. The summed E-state index contributed by atoms with van der Waals surface area (Å²) in [7, 11) is 4.09. The summed E-state index contributed by atoms with van der Waals surface area (Å²) in [6.07, 6.45) is 1.50. The summed E-state index contributed by atoms with van der Waals surface area (Å²) in [6.45, 7) is 5.89. The molecule has 0 aliphatic carbocycles. The molecule has 1 aromatic rings. The molecule has 0 amide bonds. The number of benzene rings is 1. The van der Waals surface area contributed by atoms with Crippen LogP contribution in [0.1, 0.15) is 30.0 Å². The van der Waals surface area contributed by atoms with Gasteiger partial charge in [-0.25, -0.2) is 0 Å². The van der Waals surface area contributed by atoms with E-state index in [1.54, 1.807) is 6.92 Å². The van der Waals surface area contributed by atoms with Crippen molar-refractivity contribution < 1.29 is 4.79 Å². The Morgan fingerprint density at radius 2 is 1.69 bits per heavy atom. The first-order valence-corrected chi connectivity index (χ1v) is 5.68. The molecule has 0 aromatic heterocycles. The first-order valence-electron chi connectivity index (χ1n) is 5.68. The summed E-state index contributed by atoms with van der Waals surface area (Å²) in [4.78, 5) is 13.1. The van der Waals surface area contributed by atoms with Gasteiger partial charge in [-0.05, 0) is 56.0 Å². The van der Waals surface area contributed by atoms with Gasteiger partial charge in [-0.2, -0.15) is 0 Å². The molecule has 0 radical (unpaired) electrons. The number of ketones is 1. The third-order valence-corrected chi connectivity index (χ3v) is 2.92. The number of carbonyl (C=O) groups is 1. The highest BCUT2D eigenvalue weighted by atomic mass is 16.1. The quantitative estimate of drug-likeness (QED) is 0.776. The van der Waals surface area contributed by atoms with Crippen molar-refractivity contribution in [2.75, 3.05) is 19.0 Å². The van der Waals surface area contributed by atoms with E-state index < -0.39 is 0 Å². The molecule has 0 heterocycles. The minimum Gasteiger partial charge on any atom is -0.378 e. The lowest BCUT2D eigenvalue weighted by Crippen LogP contribution is -2.10. The largest absolute Gasteiger partial charge is 0.378 e. The Labute approximate surface area is 98.3 Å². The zero-order valence-electron chi connectivity index (χ0n) is 10.9. The summed E-state index contributed by atoms with van der Waals surface area (Å²) < 4.78 is 0. The van der Waals surface area contributed by atoms with Crippen LogP contribution in [0.25, 0.3) is 0 Å². The van der Waals surface area contributed by atoms with Crippen molar-refractivity contribution in [3.63, 3.8) is 0 Å². The predicted octanol–water partition coefficient (Wildman–Crippen LogP) is 2.89. The van der Waals surface area contributed by atoms with Crippen molar-refractivity contribution in [2.45, 2.75) is 33.6 Å². The third kappa shape index (κ3) is 3.09. The van der Waals surface area contributed by atoms with Crippen molar-refractivity contribution in [1.82, 2.24) is 0 Å². The molecule has 1 rings (SSSR count). The molecule has 0 saturated heterocycles. The molecular weight excluding hydrogens is 198 g/mol. The second kappa shape index (κ2) is 5.15. The van der Waals surface area contributed by atoms with Gasteiger partial charge in [0.15, 0.2) is 0 Å². The Bertz CT molecular complexity index is 371. The molecule has 0 saturated carbocycles. The molecule has 1 aromatic carbocycles. The Balaban J connectivity index is 2.98. The minimum absolute atomic E-state index is 0.260. The molecule has 0 atom stereocenters. The molecule has 88 valence electrons. The maximum Gasteiger partial charge on any atom is 0.130 e. The second-order valence-corrected chi connectivity index (χ2v) is 4.65. The van der Waals surface area contributed by atoms with Gasteiger partial charge in [0, 0.05) is 26.2 Å². The summed E-state index contributed by atoms with van der Waals surface area (Å²) in [6, 6.07) is 4.37. The fourth-order valence-corrected chi connectivity index (χ4v) is 1.92. The molecule has 0 N–H and O–H groups in total. The monoisotopic (exact) mass is 219 g/mol. The molecule has 0 bridgehead atoms. The van der Waals surface area contributed by atoms with Crippen LogP contribution in [-0.4, -0.2) is 19.9 Å². The molecule has 16 heavy (non-hydrogen) atoms. The van der Waals surface area contributed by atoms with E-state index in [-0.39, 0.29) is 5.78 Å². The smallest absolute Gasteiger partial charge is 0.130 e. The number of carbonyl (C=O) groups excluding carboxylic acids is 1. The van der Waals surface area contributed by atoms with E-state index >= 15 is 0 Å². The second-order valence-electron chi connectivity index (χ2n) is 4.65. The Morgan fingerprint density at radius 3 is 2.06 bits per heavy atom.